The number of piperidine rings is 1. The van der Waals surface area contributed by atoms with Crippen molar-refractivity contribution >= 4 is 31.3 Å². The van der Waals surface area contributed by atoms with Crippen molar-refractivity contribution in [3.05, 3.63) is 90.5 Å². The van der Waals surface area contributed by atoms with E-state index in [1.54, 1.807) is 12.1 Å². The number of hydrogen-bond acceptors (Lipinski definition) is 4. The topological polar surface area (TPSA) is 52.9 Å². The molecule has 0 spiro atoms. The Morgan fingerprint density at radius 2 is 1.31 bits per heavy atom. The SMILES string of the molecule is C[C@@H](c1ccc(B(O)O)cc1)N1CCC(O[Si](c2ccccc2)(c2ccccc2)C(C)(C)C)CC1. The molecule has 0 saturated carbocycles. The molecule has 1 aliphatic heterocycles. The minimum absolute atomic E-state index is 0.0147. The van der Waals surface area contributed by atoms with Crippen LogP contribution in [0.15, 0.2) is 84.9 Å². The summed E-state index contributed by atoms with van der Waals surface area (Å²) in [6.45, 7) is 11.2. The largest absolute Gasteiger partial charge is 0.488 e. The normalized spacial score (nSPS) is 16.7. The van der Waals surface area contributed by atoms with E-state index in [0.717, 1.165) is 25.9 Å². The first-order valence-corrected chi connectivity index (χ1v) is 14.6. The first-order valence-electron chi connectivity index (χ1n) is 12.7. The Kier molecular flexibility index (Phi) is 7.99. The average Bonchev–Trinajstić information content (AvgIpc) is 2.87. The molecule has 1 aliphatic rings. The van der Waals surface area contributed by atoms with Gasteiger partial charge in [-0.05, 0) is 46.2 Å². The first-order chi connectivity index (χ1) is 16.7. The van der Waals surface area contributed by atoms with E-state index in [9.17, 15) is 10.0 Å². The lowest BCUT2D eigenvalue weighted by molar-refractivity contribution is 0.0736. The zero-order chi connectivity index (χ0) is 25.1. The minimum atomic E-state index is -2.53. The van der Waals surface area contributed by atoms with Crippen LogP contribution >= 0.6 is 0 Å². The quantitative estimate of drug-likeness (QED) is 0.502. The van der Waals surface area contributed by atoms with Gasteiger partial charge < -0.3 is 14.5 Å². The predicted molar refractivity (Wildman–Crippen MR) is 148 cm³/mol. The number of nitrogens with zero attached hydrogens (tertiary/aromatic N) is 1. The molecule has 0 unspecified atom stereocenters. The van der Waals surface area contributed by atoms with Gasteiger partial charge in [0, 0.05) is 25.2 Å². The van der Waals surface area contributed by atoms with Gasteiger partial charge in [0.1, 0.15) is 0 Å². The van der Waals surface area contributed by atoms with Crippen molar-refractivity contribution in [1.82, 2.24) is 4.90 Å². The van der Waals surface area contributed by atoms with Crippen LogP contribution in [0.5, 0.6) is 0 Å². The molecular weight excluding hydrogens is 449 g/mol. The van der Waals surface area contributed by atoms with Crippen LogP contribution < -0.4 is 15.8 Å². The summed E-state index contributed by atoms with van der Waals surface area (Å²) in [6, 6.07) is 29.6. The van der Waals surface area contributed by atoms with Crippen LogP contribution in [0, 0.1) is 0 Å². The molecular formula is C29H38BNO3Si. The highest BCUT2D eigenvalue weighted by atomic mass is 28.4. The smallest absolute Gasteiger partial charge is 0.423 e. The maximum Gasteiger partial charge on any atom is 0.488 e. The molecule has 0 radical (unpaired) electrons. The number of benzene rings is 3. The minimum Gasteiger partial charge on any atom is -0.423 e. The lowest BCUT2D eigenvalue weighted by Gasteiger charge is -2.47. The van der Waals surface area contributed by atoms with Crippen molar-refractivity contribution in [2.45, 2.75) is 57.7 Å². The second-order valence-electron chi connectivity index (χ2n) is 10.7. The van der Waals surface area contributed by atoms with Crippen LogP contribution in [-0.2, 0) is 4.43 Å². The Balaban J connectivity index is 1.54. The van der Waals surface area contributed by atoms with Crippen LogP contribution in [-0.4, -0.2) is 49.6 Å². The van der Waals surface area contributed by atoms with Crippen molar-refractivity contribution in [2.75, 3.05) is 13.1 Å². The van der Waals surface area contributed by atoms with E-state index in [0.29, 0.717) is 5.46 Å². The van der Waals surface area contributed by atoms with Crippen LogP contribution in [0.2, 0.25) is 5.04 Å². The molecule has 1 saturated heterocycles. The Morgan fingerprint density at radius 1 is 0.829 bits per heavy atom. The second-order valence-corrected chi connectivity index (χ2v) is 15.0. The van der Waals surface area contributed by atoms with Gasteiger partial charge >= 0.3 is 7.12 Å². The molecule has 2 N–H and O–H groups in total. The molecule has 3 aromatic rings. The van der Waals surface area contributed by atoms with Crippen molar-refractivity contribution in [2.24, 2.45) is 0 Å². The highest BCUT2D eigenvalue weighted by molar-refractivity contribution is 6.99. The van der Waals surface area contributed by atoms with Crippen molar-refractivity contribution < 1.29 is 14.5 Å². The van der Waals surface area contributed by atoms with E-state index in [2.05, 4.69) is 93.3 Å². The Hall–Kier alpha value is -2.22. The monoisotopic (exact) mass is 487 g/mol. The number of rotatable bonds is 7. The molecule has 4 nitrogen and oxygen atoms in total. The van der Waals surface area contributed by atoms with Gasteiger partial charge in [0.15, 0.2) is 0 Å². The summed E-state index contributed by atoms with van der Waals surface area (Å²) in [5, 5.41) is 21.4. The Bertz CT molecular complexity index is 1020. The lowest BCUT2D eigenvalue weighted by atomic mass is 9.80. The summed E-state index contributed by atoms with van der Waals surface area (Å²) in [7, 11) is -3.96. The summed E-state index contributed by atoms with van der Waals surface area (Å²) in [6.07, 6.45) is 2.22. The van der Waals surface area contributed by atoms with Crippen LogP contribution in [0.25, 0.3) is 0 Å². The Labute approximate surface area is 211 Å². The van der Waals surface area contributed by atoms with E-state index in [1.807, 2.05) is 12.1 Å². The fourth-order valence-electron chi connectivity index (χ4n) is 5.48. The van der Waals surface area contributed by atoms with Crippen LogP contribution in [0.3, 0.4) is 0 Å². The lowest BCUT2D eigenvalue weighted by Crippen LogP contribution is -2.68. The fourth-order valence-corrected chi connectivity index (χ4v) is 10.2. The van der Waals surface area contributed by atoms with Gasteiger partial charge in [0.25, 0.3) is 8.32 Å². The number of likely N-dealkylation sites (tertiary alicyclic amines) is 1. The van der Waals surface area contributed by atoms with E-state index in [4.69, 9.17) is 4.43 Å². The molecule has 1 atom stereocenters. The molecule has 0 aliphatic carbocycles. The molecule has 3 aromatic carbocycles. The molecule has 184 valence electrons. The van der Waals surface area contributed by atoms with Gasteiger partial charge in [-0.15, -0.1) is 0 Å². The maximum absolute atomic E-state index is 9.38. The summed E-state index contributed by atoms with van der Waals surface area (Å²) < 4.78 is 7.35. The standard InChI is InChI=1S/C29H38BNO3Si/c1-23(24-15-17-25(18-16-24)30(32)33)31-21-19-26(20-22-31)34-35(29(2,3)4,27-11-7-5-8-12-27)28-13-9-6-10-14-28/h5-18,23,26,32-33H,19-22H2,1-4H3/t23-/m0/s1. The zero-order valence-electron chi connectivity index (χ0n) is 21.4. The van der Waals surface area contributed by atoms with Crippen molar-refractivity contribution in [1.29, 1.82) is 0 Å². The van der Waals surface area contributed by atoms with Gasteiger partial charge in [-0.3, -0.25) is 4.90 Å². The second kappa shape index (κ2) is 10.8. The molecule has 6 heteroatoms. The molecule has 0 amide bonds. The average molecular weight is 488 g/mol. The van der Waals surface area contributed by atoms with E-state index in [1.165, 1.54) is 15.9 Å². The molecule has 4 rings (SSSR count). The van der Waals surface area contributed by atoms with Crippen LogP contribution in [0.4, 0.5) is 0 Å². The number of hydrogen-bond donors (Lipinski definition) is 2. The summed E-state index contributed by atoms with van der Waals surface area (Å²) in [5.41, 5.74) is 1.72. The third-order valence-electron chi connectivity index (χ3n) is 7.50. The molecule has 0 aromatic heterocycles. The molecule has 35 heavy (non-hydrogen) atoms. The molecule has 1 fully saturated rings. The zero-order valence-corrected chi connectivity index (χ0v) is 22.4. The van der Waals surface area contributed by atoms with Crippen molar-refractivity contribution in [3.63, 3.8) is 0 Å². The predicted octanol–water partition coefficient (Wildman–Crippen LogP) is 3.47. The van der Waals surface area contributed by atoms with Gasteiger partial charge in [-0.1, -0.05) is 106 Å². The van der Waals surface area contributed by atoms with Crippen LogP contribution in [0.1, 0.15) is 52.1 Å². The summed E-state index contributed by atoms with van der Waals surface area (Å²) in [5.74, 6) is 0. The molecule has 1 heterocycles. The fraction of sp³-hybridized carbons (Fsp3) is 0.379. The van der Waals surface area contributed by atoms with Gasteiger partial charge in [-0.2, -0.15) is 0 Å². The highest BCUT2D eigenvalue weighted by Gasteiger charge is 2.51. The van der Waals surface area contributed by atoms with Gasteiger partial charge in [0.2, 0.25) is 0 Å². The highest BCUT2D eigenvalue weighted by Crippen LogP contribution is 2.39. The summed E-state index contributed by atoms with van der Waals surface area (Å²) >= 11 is 0. The third-order valence-corrected chi connectivity index (χ3v) is 12.6. The van der Waals surface area contributed by atoms with Gasteiger partial charge in [0.05, 0.1) is 0 Å². The third kappa shape index (κ3) is 5.47. The first kappa shape index (κ1) is 25.9. The van der Waals surface area contributed by atoms with Gasteiger partial charge in [-0.25, -0.2) is 0 Å². The summed E-state index contributed by atoms with van der Waals surface area (Å²) in [4.78, 5) is 2.51. The van der Waals surface area contributed by atoms with E-state index in [-0.39, 0.29) is 17.2 Å². The van der Waals surface area contributed by atoms with E-state index < -0.39 is 15.4 Å². The van der Waals surface area contributed by atoms with Crippen molar-refractivity contribution in [3.8, 4) is 0 Å². The Morgan fingerprint density at radius 3 is 1.74 bits per heavy atom. The molecule has 0 bridgehead atoms. The van der Waals surface area contributed by atoms with E-state index >= 15 is 0 Å². The maximum atomic E-state index is 9.38.